The number of methoxy groups -OCH3 is 1. The van der Waals surface area contributed by atoms with Crippen molar-refractivity contribution >= 4 is 28.3 Å². The van der Waals surface area contributed by atoms with Crippen LogP contribution in [0.4, 0.5) is 0 Å². The molecule has 1 aromatic carbocycles. The van der Waals surface area contributed by atoms with Crippen LogP contribution in [0.3, 0.4) is 0 Å². The lowest BCUT2D eigenvalue weighted by molar-refractivity contribution is -0.123. The van der Waals surface area contributed by atoms with Gasteiger partial charge in [-0.3, -0.25) is 4.79 Å². The van der Waals surface area contributed by atoms with Gasteiger partial charge in [0, 0.05) is 25.6 Å². The smallest absolute Gasteiger partial charge is 0.241 e. The van der Waals surface area contributed by atoms with Crippen molar-refractivity contribution < 1.29 is 23.1 Å². The lowest BCUT2D eigenvalue weighted by atomic mass is 10.0. The first-order valence-corrected chi connectivity index (χ1v) is 10.1. The van der Waals surface area contributed by atoms with Gasteiger partial charge in [-0.2, -0.15) is 4.72 Å². The Labute approximate surface area is 166 Å². The van der Waals surface area contributed by atoms with Gasteiger partial charge in [0.25, 0.3) is 0 Å². The number of β-amino-alcohol motifs (C(OH)–C–C–N with tert-alkyl or cyclic N) is 1. The maximum absolute atomic E-state index is 12.6. The second-order valence-electron chi connectivity index (χ2n) is 6.75. The Hall–Kier alpha value is -1.39. The van der Waals surface area contributed by atoms with Crippen LogP contribution in [0.25, 0.3) is 0 Å². The van der Waals surface area contributed by atoms with Gasteiger partial charge >= 0.3 is 0 Å². The number of hydrogen-bond acceptors (Lipinski definition) is 6. The molecule has 1 aliphatic heterocycles. The van der Waals surface area contributed by atoms with E-state index in [1.165, 1.54) is 19.2 Å². The minimum absolute atomic E-state index is 0. The monoisotopic (exact) mass is 421 g/mol. The number of ether oxygens (including phenoxy) is 1. The lowest BCUT2D eigenvalue weighted by Crippen LogP contribution is -2.51. The van der Waals surface area contributed by atoms with Crippen LogP contribution in [0.15, 0.2) is 29.2 Å². The third kappa shape index (κ3) is 6.32. The number of rotatable bonds is 8. The molecule has 3 atom stereocenters. The Morgan fingerprint density at radius 2 is 1.93 bits per heavy atom. The largest absolute Gasteiger partial charge is 0.497 e. The van der Waals surface area contributed by atoms with Crippen molar-refractivity contribution in [3.63, 3.8) is 0 Å². The van der Waals surface area contributed by atoms with E-state index in [1.54, 1.807) is 26.0 Å². The number of nitrogens with one attached hydrogen (secondary N) is 3. The van der Waals surface area contributed by atoms with Crippen LogP contribution in [0.2, 0.25) is 0 Å². The van der Waals surface area contributed by atoms with Crippen molar-refractivity contribution in [3.8, 4) is 5.75 Å². The fourth-order valence-corrected chi connectivity index (χ4v) is 4.10. The summed E-state index contributed by atoms with van der Waals surface area (Å²) in [6, 6.07) is 5.04. The zero-order chi connectivity index (χ0) is 19.3. The summed E-state index contributed by atoms with van der Waals surface area (Å²) in [5.41, 5.74) is 0. The molecule has 10 heteroatoms. The molecule has 0 radical (unpaired) electrons. The molecule has 0 bridgehead atoms. The maximum atomic E-state index is 12.6. The van der Waals surface area contributed by atoms with Gasteiger partial charge in [0.2, 0.25) is 15.9 Å². The second kappa shape index (κ2) is 10.2. The molecule has 0 aliphatic carbocycles. The fourth-order valence-electron chi connectivity index (χ4n) is 2.75. The van der Waals surface area contributed by atoms with Gasteiger partial charge < -0.3 is 20.5 Å². The van der Waals surface area contributed by atoms with Crippen molar-refractivity contribution in [2.45, 2.75) is 30.9 Å². The molecular weight excluding hydrogens is 394 g/mol. The molecule has 0 saturated carbocycles. The minimum Gasteiger partial charge on any atom is -0.497 e. The van der Waals surface area contributed by atoms with E-state index in [0.29, 0.717) is 25.4 Å². The van der Waals surface area contributed by atoms with E-state index in [9.17, 15) is 18.3 Å². The molecule has 154 valence electrons. The molecule has 1 amide bonds. The van der Waals surface area contributed by atoms with Crippen LogP contribution in [-0.2, 0) is 14.8 Å². The van der Waals surface area contributed by atoms with Crippen LogP contribution in [0.1, 0.15) is 13.8 Å². The Bertz CT molecular complexity index is 712. The minimum atomic E-state index is -3.85. The van der Waals surface area contributed by atoms with E-state index < -0.39 is 28.1 Å². The summed E-state index contributed by atoms with van der Waals surface area (Å²) in [6.45, 7) is 4.95. The number of hydrogen-bond donors (Lipinski definition) is 4. The number of halogens is 1. The molecule has 4 N–H and O–H groups in total. The third-order valence-electron chi connectivity index (χ3n) is 4.44. The highest BCUT2D eigenvalue weighted by Gasteiger charge is 2.30. The van der Waals surface area contributed by atoms with Gasteiger partial charge in [-0.15, -0.1) is 12.4 Å². The lowest BCUT2D eigenvalue weighted by Gasteiger charge is -2.23. The summed E-state index contributed by atoms with van der Waals surface area (Å²) in [4.78, 5) is 12.6. The van der Waals surface area contributed by atoms with Gasteiger partial charge in [0.05, 0.1) is 18.1 Å². The van der Waals surface area contributed by atoms with Crippen LogP contribution >= 0.6 is 12.4 Å². The normalized spacial score (nSPS) is 20.8. The summed E-state index contributed by atoms with van der Waals surface area (Å²) < 4.78 is 32.7. The number of carbonyl (C=O) groups is 1. The Balaban J connectivity index is 0.00000364. The zero-order valence-corrected chi connectivity index (χ0v) is 17.3. The van der Waals surface area contributed by atoms with Crippen molar-refractivity contribution in [3.05, 3.63) is 24.3 Å². The highest BCUT2D eigenvalue weighted by molar-refractivity contribution is 7.89. The summed E-state index contributed by atoms with van der Waals surface area (Å²) in [7, 11) is -2.35. The van der Waals surface area contributed by atoms with Gasteiger partial charge in [-0.05, 0) is 30.2 Å². The van der Waals surface area contributed by atoms with Gasteiger partial charge in [-0.1, -0.05) is 13.8 Å². The van der Waals surface area contributed by atoms with Crippen LogP contribution < -0.4 is 20.1 Å². The van der Waals surface area contributed by atoms with E-state index in [1.807, 2.05) is 0 Å². The van der Waals surface area contributed by atoms with Gasteiger partial charge in [0.15, 0.2) is 0 Å². The molecule has 0 spiro atoms. The standard InChI is InChI=1S/C17H27N3O5S.ClH/c1-11(2)16(17(22)19-9-12-8-18-10-15(12)21)20-26(23,24)14-6-4-13(25-3)5-7-14;/h4-7,11-12,15-16,18,20-21H,8-10H2,1-3H3,(H,19,22);1H. The molecule has 3 unspecified atom stereocenters. The first-order valence-electron chi connectivity index (χ1n) is 8.57. The van der Waals surface area contributed by atoms with E-state index in [0.717, 1.165) is 0 Å². The molecule has 1 saturated heterocycles. The fraction of sp³-hybridized carbons (Fsp3) is 0.588. The third-order valence-corrected chi connectivity index (χ3v) is 5.90. The van der Waals surface area contributed by atoms with Crippen LogP contribution in [-0.4, -0.2) is 58.3 Å². The zero-order valence-electron chi connectivity index (χ0n) is 15.6. The quantitative estimate of drug-likeness (QED) is 0.473. The van der Waals surface area contributed by atoms with E-state index in [4.69, 9.17) is 4.74 Å². The van der Waals surface area contributed by atoms with Crippen molar-refractivity contribution in [2.24, 2.45) is 11.8 Å². The Morgan fingerprint density at radius 1 is 1.30 bits per heavy atom. The molecule has 27 heavy (non-hydrogen) atoms. The number of carbonyl (C=O) groups excluding carboxylic acids is 1. The topological polar surface area (TPSA) is 117 Å². The molecule has 2 rings (SSSR count). The summed E-state index contributed by atoms with van der Waals surface area (Å²) in [5, 5.41) is 15.6. The maximum Gasteiger partial charge on any atom is 0.241 e. The first-order chi connectivity index (χ1) is 12.2. The highest BCUT2D eigenvalue weighted by atomic mass is 35.5. The number of sulfonamides is 1. The number of aliphatic hydroxyl groups excluding tert-OH is 1. The SMILES string of the molecule is COc1ccc(S(=O)(=O)NC(C(=O)NCC2CNCC2O)C(C)C)cc1.Cl. The second-order valence-corrected chi connectivity index (χ2v) is 8.46. The van der Waals surface area contributed by atoms with E-state index in [-0.39, 0.29) is 29.1 Å². The summed E-state index contributed by atoms with van der Waals surface area (Å²) >= 11 is 0. The van der Waals surface area contributed by atoms with Crippen molar-refractivity contribution in [1.29, 1.82) is 0 Å². The number of benzene rings is 1. The predicted octanol–water partition coefficient (Wildman–Crippen LogP) is 0.116. The van der Waals surface area contributed by atoms with Gasteiger partial charge in [-0.25, -0.2) is 8.42 Å². The van der Waals surface area contributed by atoms with Crippen molar-refractivity contribution in [2.75, 3.05) is 26.7 Å². The predicted molar refractivity (Wildman–Crippen MR) is 105 cm³/mol. The van der Waals surface area contributed by atoms with Crippen LogP contribution in [0.5, 0.6) is 5.75 Å². The molecule has 1 aromatic rings. The van der Waals surface area contributed by atoms with E-state index >= 15 is 0 Å². The Morgan fingerprint density at radius 3 is 2.41 bits per heavy atom. The molecular formula is C17H28ClN3O5S. The molecule has 1 heterocycles. The highest BCUT2D eigenvalue weighted by Crippen LogP contribution is 2.17. The average molecular weight is 422 g/mol. The number of amides is 1. The number of aliphatic hydroxyl groups is 1. The van der Waals surface area contributed by atoms with Crippen molar-refractivity contribution in [1.82, 2.24) is 15.4 Å². The van der Waals surface area contributed by atoms with Crippen LogP contribution in [0, 0.1) is 11.8 Å². The molecule has 0 aromatic heterocycles. The first kappa shape index (κ1) is 23.6. The van der Waals surface area contributed by atoms with E-state index in [2.05, 4.69) is 15.4 Å². The molecule has 8 nitrogen and oxygen atoms in total. The molecule has 1 fully saturated rings. The Kier molecular flexibility index (Phi) is 8.97. The van der Waals surface area contributed by atoms with Gasteiger partial charge in [0.1, 0.15) is 11.8 Å². The average Bonchev–Trinajstić information content (AvgIpc) is 3.02. The summed E-state index contributed by atoms with van der Waals surface area (Å²) in [6.07, 6.45) is -0.510. The molecule has 1 aliphatic rings. The summed E-state index contributed by atoms with van der Waals surface area (Å²) in [5.74, 6) is -0.179.